The summed E-state index contributed by atoms with van der Waals surface area (Å²) >= 11 is 0. The molecule has 0 fully saturated rings. The number of nitrogens with zero attached hydrogens (tertiary/aromatic N) is 1. The zero-order valence-electron chi connectivity index (χ0n) is 17.8. The lowest BCUT2D eigenvalue weighted by Crippen LogP contribution is -1.88. The highest BCUT2D eigenvalue weighted by Gasteiger charge is 2.16. The number of para-hydroxylation sites is 1. The van der Waals surface area contributed by atoms with Crippen molar-refractivity contribution < 1.29 is 4.42 Å². The van der Waals surface area contributed by atoms with E-state index in [1.165, 1.54) is 55.4 Å². The summed E-state index contributed by atoms with van der Waals surface area (Å²) in [5, 5.41) is 7.53. The fourth-order valence-electron chi connectivity index (χ4n) is 5.14. The van der Waals surface area contributed by atoms with Crippen molar-refractivity contribution in [1.82, 2.24) is 4.98 Å². The van der Waals surface area contributed by atoms with Crippen LogP contribution in [0.4, 0.5) is 0 Å². The quantitative estimate of drug-likeness (QED) is 0.261. The van der Waals surface area contributed by atoms with Crippen LogP contribution in [0.5, 0.6) is 0 Å². The van der Waals surface area contributed by atoms with Crippen LogP contribution in [0.15, 0.2) is 120 Å². The van der Waals surface area contributed by atoms with Gasteiger partial charge < -0.3 is 4.42 Å². The van der Waals surface area contributed by atoms with Gasteiger partial charge >= 0.3 is 0 Å². The Morgan fingerprint density at radius 2 is 1.18 bits per heavy atom. The van der Waals surface area contributed by atoms with Crippen molar-refractivity contribution >= 4 is 43.4 Å². The molecule has 0 aliphatic carbocycles. The van der Waals surface area contributed by atoms with Crippen LogP contribution in [0.1, 0.15) is 0 Å². The van der Waals surface area contributed by atoms with Crippen molar-refractivity contribution in [2.75, 3.05) is 0 Å². The molecule has 0 bridgehead atoms. The third-order valence-electron chi connectivity index (χ3n) is 6.61. The molecular weight excluding hydrogens is 402 g/mol. The lowest BCUT2D eigenvalue weighted by Gasteiger charge is -2.15. The Bertz CT molecular complexity index is 1780. The molecule has 0 aliphatic rings. The van der Waals surface area contributed by atoms with Gasteiger partial charge in [0.15, 0.2) is 12.0 Å². The number of benzene rings is 6. The molecule has 0 spiro atoms. The summed E-state index contributed by atoms with van der Waals surface area (Å²) in [5.74, 6) is 0. The summed E-state index contributed by atoms with van der Waals surface area (Å²) in [6, 6.07) is 38.9. The van der Waals surface area contributed by atoms with Gasteiger partial charge in [-0.1, -0.05) is 97.1 Å². The highest BCUT2D eigenvalue weighted by atomic mass is 16.3. The minimum atomic E-state index is 0.827. The van der Waals surface area contributed by atoms with Crippen LogP contribution < -0.4 is 0 Å². The molecule has 33 heavy (non-hydrogen) atoms. The Balaban J connectivity index is 1.63. The van der Waals surface area contributed by atoms with Crippen LogP contribution >= 0.6 is 0 Å². The number of oxazole rings is 1. The fraction of sp³-hybridized carbons (Fsp3) is 0. The maximum Gasteiger partial charge on any atom is 0.182 e. The standard InChI is InChI=1S/C31H19NO/c1-2-8-20(9-3-1)21-16-17-23-25-12-6-13-26(27-14-7-15-29-31(27)33-19-32-29)30(25)24-11-5-4-10-22(24)28(23)18-21/h1-19H. The van der Waals surface area contributed by atoms with E-state index in [4.69, 9.17) is 4.42 Å². The van der Waals surface area contributed by atoms with Gasteiger partial charge in [0.1, 0.15) is 5.52 Å². The summed E-state index contributed by atoms with van der Waals surface area (Å²) in [4.78, 5) is 4.37. The molecule has 0 atom stereocenters. The van der Waals surface area contributed by atoms with Gasteiger partial charge in [0.05, 0.1) is 0 Å². The lowest BCUT2D eigenvalue weighted by molar-refractivity contribution is 0.603. The average Bonchev–Trinajstić information content (AvgIpc) is 3.38. The molecule has 0 saturated heterocycles. The zero-order valence-corrected chi connectivity index (χ0v) is 17.8. The van der Waals surface area contributed by atoms with Crippen LogP contribution in [-0.2, 0) is 0 Å². The molecule has 1 aromatic heterocycles. The molecule has 0 amide bonds. The van der Waals surface area contributed by atoms with Crippen LogP contribution in [0.2, 0.25) is 0 Å². The molecule has 1 heterocycles. The Morgan fingerprint density at radius 1 is 0.485 bits per heavy atom. The van der Waals surface area contributed by atoms with E-state index in [0.717, 1.165) is 16.7 Å². The van der Waals surface area contributed by atoms with Gasteiger partial charge in [-0.05, 0) is 61.1 Å². The Hall–Kier alpha value is -4.43. The topological polar surface area (TPSA) is 26.0 Å². The highest BCUT2D eigenvalue weighted by molar-refractivity contribution is 6.29. The fourth-order valence-corrected chi connectivity index (χ4v) is 5.14. The first-order valence-corrected chi connectivity index (χ1v) is 11.1. The molecule has 154 valence electrons. The predicted octanol–water partition coefficient (Wildman–Crippen LogP) is 8.62. The Kier molecular flexibility index (Phi) is 3.88. The number of fused-ring (bicyclic) bond motifs is 7. The molecule has 0 N–H and O–H groups in total. The summed E-state index contributed by atoms with van der Waals surface area (Å²) < 4.78 is 5.81. The smallest absolute Gasteiger partial charge is 0.182 e. The first kappa shape index (κ1) is 18.2. The summed E-state index contributed by atoms with van der Waals surface area (Å²) in [6.45, 7) is 0. The minimum absolute atomic E-state index is 0.827. The Morgan fingerprint density at radius 3 is 2.06 bits per heavy atom. The molecule has 7 rings (SSSR count). The van der Waals surface area contributed by atoms with Crippen molar-refractivity contribution in [3.63, 3.8) is 0 Å². The first-order chi connectivity index (χ1) is 16.4. The second-order valence-corrected chi connectivity index (χ2v) is 8.41. The van der Waals surface area contributed by atoms with E-state index in [9.17, 15) is 0 Å². The molecular formula is C31H19NO. The van der Waals surface area contributed by atoms with Crippen molar-refractivity contribution in [2.24, 2.45) is 0 Å². The van der Waals surface area contributed by atoms with Gasteiger partial charge in [-0.3, -0.25) is 0 Å². The van der Waals surface area contributed by atoms with Crippen molar-refractivity contribution in [2.45, 2.75) is 0 Å². The van der Waals surface area contributed by atoms with Crippen LogP contribution in [-0.4, -0.2) is 4.98 Å². The van der Waals surface area contributed by atoms with Gasteiger partial charge in [0.2, 0.25) is 0 Å². The SMILES string of the molecule is c1ccc(-c2ccc3c(c2)c2ccccc2c2c(-c4cccc5ncoc45)cccc32)cc1. The van der Waals surface area contributed by atoms with Crippen molar-refractivity contribution in [3.05, 3.63) is 116 Å². The molecule has 2 nitrogen and oxygen atoms in total. The summed E-state index contributed by atoms with van der Waals surface area (Å²) in [7, 11) is 0. The van der Waals surface area contributed by atoms with Crippen LogP contribution in [0.3, 0.4) is 0 Å². The molecule has 2 heteroatoms. The van der Waals surface area contributed by atoms with Gasteiger partial charge in [-0.15, -0.1) is 0 Å². The van der Waals surface area contributed by atoms with E-state index in [1.807, 2.05) is 12.1 Å². The molecule has 7 aromatic rings. The number of aromatic nitrogens is 1. The zero-order chi connectivity index (χ0) is 21.8. The van der Waals surface area contributed by atoms with E-state index in [1.54, 1.807) is 0 Å². The molecule has 6 aromatic carbocycles. The predicted molar refractivity (Wildman–Crippen MR) is 137 cm³/mol. The second kappa shape index (κ2) is 7.04. The van der Waals surface area contributed by atoms with E-state index in [2.05, 4.69) is 102 Å². The summed E-state index contributed by atoms with van der Waals surface area (Å²) in [6.07, 6.45) is 1.53. The molecule has 0 radical (unpaired) electrons. The van der Waals surface area contributed by atoms with Crippen LogP contribution in [0.25, 0.3) is 65.7 Å². The number of rotatable bonds is 2. The van der Waals surface area contributed by atoms with Crippen molar-refractivity contribution in [1.29, 1.82) is 0 Å². The van der Waals surface area contributed by atoms with E-state index < -0.39 is 0 Å². The van der Waals surface area contributed by atoms with Gasteiger partial charge in [0.25, 0.3) is 0 Å². The normalized spacial score (nSPS) is 11.6. The largest absolute Gasteiger partial charge is 0.443 e. The van der Waals surface area contributed by atoms with Gasteiger partial charge in [-0.2, -0.15) is 0 Å². The maximum atomic E-state index is 5.81. The van der Waals surface area contributed by atoms with Gasteiger partial charge in [0, 0.05) is 5.56 Å². The maximum absolute atomic E-state index is 5.81. The Labute approximate surface area is 190 Å². The monoisotopic (exact) mass is 421 g/mol. The van der Waals surface area contributed by atoms with E-state index in [0.29, 0.717) is 0 Å². The second-order valence-electron chi connectivity index (χ2n) is 8.41. The molecule has 0 unspecified atom stereocenters. The third kappa shape index (κ3) is 2.71. The van der Waals surface area contributed by atoms with E-state index >= 15 is 0 Å². The molecule has 0 saturated carbocycles. The average molecular weight is 421 g/mol. The number of hydrogen-bond donors (Lipinski definition) is 0. The van der Waals surface area contributed by atoms with Crippen molar-refractivity contribution in [3.8, 4) is 22.3 Å². The van der Waals surface area contributed by atoms with E-state index in [-0.39, 0.29) is 0 Å². The van der Waals surface area contributed by atoms with Gasteiger partial charge in [-0.25, -0.2) is 4.98 Å². The molecule has 0 aliphatic heterocycles. The highest BCUT2D eigenvalue weighted by Crippen LogP contribution is 2.42. The third-order valence-corrected chi connectivity index (χ3v) is 6.61. The number of hydrogen-bond acceptors (Lipinski definition) is 2. The lowest BCUT2D eigenvalue weighted by atomic mass is 9.88. The summed E-state index contributed by atoms with van der Waals surface area (Å²) in [5.41, 5.74) is 6.40. The minimum Gasteiger partial charge on any atom is -0.443 e. The van der Waals surface area contributed by atoms with Crippen LogP contribution in [0, 0.1) is 0 Å². The first-order valence-electron chi connectivity index (χ1n) is 11.1.